The highest BCUT2D eigenvalue weighted by Crippen LogP contribution is 2.29. The fraction of sp³-hybridized carbons (Fsp3) is 0.263. The minimum absolute atomic E-state index is 0.0828. The van der Waals surface area contributed by atoms with Crippen molar-refractivity contribution in [2.24, 2.45) is 5.92 Å². The van der Waals surface area contributed by atoms with E-state index in [1.807, 2.05) is 31.2 Å². The van der Waals surface area contributed by atoms with Crippen LogP contribution in [0, 0.1) is 30.3 Å². The van der Waals surface area contributed by atoms with E-state index in [-0.39, 0.29) is 24.6 Å². The smallest absolute Gasteiger partial charge is 0.227 e. The number of aryl methyl sites for hydroxylation is 1. The van der Waals surface area contributed by atoms with E-state index in [2.05, 4.69) is 5.32 Å². The Hall–Kier alpha value is -2.83. The number of hydrogen-bond donors (Lipinski definition) is 1. The van der Waals surface area contributed by atoms with Gasteiger partial charge in [0.2, 0.25) is 11.8 Å². The minimum Gasteiger partial charge on any atom is -0.352 e. The number of nitrogens with zero attached hydrogens (tertiary/aromatic N) is 1. The summed E-state index contributed by atoms with van der Waals surface area (Å²) < 4.78 is 40.4. The van der Waals surface area contributed by atoms with Crippen molar-refractivity contribution >= 4 is 17.5 Å². The maximum Gasteiger partial charge on any atom is 0.227 e. The van der Waals surface area contributed by atoms with Gasteiger partial charge in [0, 0.05) is 19.5 Å². The van der Waals surface area contributed by atoms with Crippen molar-refractivity contribution in [3.63, 3.8) is 0 Å². The molecule has 136 valence electrons. The van der Waals surface area contributed by atoms with Gasteiger partial charge < -0.3 is 10.2 Å². The molecule has 1 aliphatic heterocycles. The van der Waals surface area contributed by atoms with E-state index in [1.165, 1.54) is 0 Å². The Balaban J connectivity index is 1.66. The molecule has 7 heteroatoms. The largest absolute Gasteiger partial charge is 0.352 e. The number of anilines is 1. The van der Waals surface area contributed by atoms with Crippen molar-refractivity contribution in [2.45, 2.75) is 19.9 Å². The predicted molar refractivity (Wildman–Crippen MR) is 89.8 cm³/mol. The van der Waals surface area contributed by atoms with Crippen LogP contribution in [0.25, 0.3) is 0 Å². The Morgan fingerprint density at radius 3 is 2.50 bits per heavy atom. The van der Waals surface area contributed by atoms with Crippen LogP contribution in [-0.2, 0) is 16.1 Å². The van der Waals surface area contributed by atoms with E-state index in [0.29, 0.717) is 6.54 Å². The highest BCUT2D eigenvalue weighted by Gasteiger charge is 2.36. The Kier molecular flexibility index (Phi) is 4.97. The average Bonchev–Trinajstić information content (AvgIpc) is 3.01. The molecule has 0 saturated carbocycles. The Morgan fingerprint density at radius 1 is 1.12 bits per heavy atom. The van der Waals surface area contributed by atoms with Gasteiger partial charge in [-0.1, -0.05) is 29.8 Å². The summed E-state index contributed by atoms with van der Waals surface area (Å²) in [7, 11) is 0. The maximum absolute atomic E-state index is 13.9. The summed E-state index contributed by atoms with van der Waals surface area (Å²) in [5.41, 5.74) is 1.66. The molecule has 2 aromatic carbocycles. The number of rotatable bonds is 4. The first-order valence-electron chi connectivity index (χ1n) is 8.14. The van der Waals surface area contributed by atoms with E-state index in [1.54, 1.807) is 0 Å². The van der Waals surface area contributed by atoms with Crippen LogP contribution in [0.2, 0.25) is 0 Å². The lowest BCUT2D eigenvalue weighted by atomic mass is 10.1. The Labute approximate surface area is 148 Å². The summed E-state index contributed by atoms with van der Waals surface area (Å²) in [6.07, 6.45) is -0.113. The second kappa shape index (κ2) is 7.19. The third kappa shape index (κ3) is 3.56. The van der Waals surface area contributed by atoms with Gasteiger partial charge in [0.25, 0.3) is 0 Å². The summed E-state index contributed by atoms with van der Waals surface area (Å²) >= 11 is 0. The highest BCUT2D eigenvalue weighted by molar-refractivity contribution is 6.00. The summed E-state index contributed by atoms with van der Waals surface area (Å²) in [5, 5.41) is 2.74. The molecule has 0 aromatic heterocycles. The third-order valence-electron chi connectivity index (χ3n) is 4.39. The van der Waals surface area contributed by atoms with Crippen molar-refractivity contribution in [1.82, 2.24) is 5.32 Å². The molecule has 0 bridgehead atoms. The average molecular weight is 362 g/mol. The minimum atomic E-state index is -1.64. The molecule has 2 amide bonds. The van der Waals surface area contributed by atoms with Crippen LogP contribution >= 0.6 is 0 Å². The van der Waals surface area contributed by atoms with Crippen LogP contribution in [0.3, 0.4) is 0 Å². The van der Waals surface area contributed by atoms with Crippen LogP contribution in [0.4, 0.5) is 18.9 Å². The molecule has 0 spiro atoms. The van der Waals surface area contributed by atoms with Gasteiger partial charge in [-0.05, 0) is 24.6 Å². The van der Waals surface area contributed by atoms with E-state index >= 15 is 0 Å². The topological polar surface area (TPSA) is 49.4 Å². The second-order valence-electron chi connectivity index (χ2n) is 6.30. The zero-order valence-corrected chi connectivity index (χ0v) is 14.1. The number of carbonyl (C=O) groups is 2. The molecular formula is C19H17F3N2O2. The quantitative estimate of drug-likeness (QED) is 0.850. The number of nitrogens with one attached hydrogen (secondary N) is 1. The summed E-state index contributed by atoms with van der Waals surface area (Å²) in [4.78, 5) is 25.4. The molecular weight excluding hydrogens is 345 g/mol. The third-order valence-corrected chi connectivity index (χ3v) is 4.39. The SMILES string of the molecule is Cc1ccc(CNC(=O)C2CC(=O)N(c3ccc(F)c(F)c3F)C2)cc1. The normalized spacial score (nSPS) is 16.8. The predicted octanol–water partition coefficient (Wildman–Crippen LogP) is 3.08. The number of hydrogen-bond acceptors (Lipinski definition) is 2. The van der Waals surface area contributed by atoms with Crippen molar-refractivity contribution in [1.29, 1.82) is 0 Å². The molecule has 1 unspecified atom stereocenters. The van der Waals surface area contributed by atoms with Crippen LogP contribution < -0.4 is 10.2 Å². The zero-order chi connectivity index (χ0) is 18.8. The summed E-state index contributed by atoms with van der Waals surface area (Å²) in [6.45, 7) is 2.18. The second-order valence-corrected chi connectivity index (χ2v) is 6.30. The zero-order valence-electron chi connectivity index (χ0n) is 14.1. The number of halogens is 3. The van der Waals surface area contributed by atoms with Crippen LogP contribution in [0.15, 0.2) is 36.4 Å². The first-order valence-corrected chi connectivity index (χ1v) is 8.14. The van der Waals surface area contributed by atoms with Gasteiger partial charge in [-0.3, -0.25) is 9.59 Å². The Bertz CT molecular complexity index is 853. The van der Waals surface area contributed by atoms with Gasteiger partial charge in [-0.15, -0.1) is 0 Å². The lowest BCUT2D eigenvalue weighted by Gasteiger charge is -2.18. The van der Waals surface area contributed by atoms with Crippen molar-refractivity contribution in [3.05, 3.63) is 65.0 Å². The lowest BCUT2D eigenvalue weighted by Crippen LogP contribution is -2.33. The molecule has 4 nitrogen and oxygen atoms in total. The van der Waals surface area contributed by atoms with E-state index < -0.39 is 29.3 Å². The summed E-state index contributed by atoms with van der Waals surface area (Å²) in [6, 6.07) is 9.38. The van der Waals surface area contributed by atoms with Gasteiger partial charge in [0.15, 0.2) is 17.5 Å². The van der Waals surface area contributed by atoms with E-state index in [0.717, 1.165) is 28.2 Å². The standard InChI is InChI=1S/C19H17F3N2O2/c1-11-2-4-12(5-3-11)9-23-19(26)13-8-16(25)24(10-13)15-7-6-14(20)17(21)18(15)22/h2-7,13H,8-10H2,1H3,(H,23,26). The molecule has 0 aliphatic carbocycles. The number of carbonyl (C=O) groups excluding carboxylic acids is 2. The molecule has 1 saturated heterocycles. The first-order chi connectivity index (χ1) is 12.4. The Morgan fingerprint density at radius 2 is 1.81 bits per heavy atom. The lowest BCUT2D eigenvalue weighted by molar-refractivity contribution is -0.126. The molecule has 1 aliphatic rings. The van der Waals surface area contributed by atoms with Crippen LogP contribution in [0.1, 0.15) is 17.5 Å². The van der Waals surface area contributed by atoms with Crippen molar-refractivity contribution in [3.8, 4) is 0 Å². The number of amides is 2. The van der Waals surface area contributed by atoms with Gasteiger partial charge >= 0.3 is 0 Å². The first kappa shape index (κ1) is 18.0. The van der Waals surface area contributed by atoms with Gasteiger partial charge in [-0.2, -0.15) is 0 Å². The van der Waals surface area contributed by atoms with Gasteiger partial charge in [-0.25, -0.2) is 13.2 Å². The molecule has 1 N–H and O–H groups in total. The van der Waals surface area contributed by atoms with Gasteiger partial charge in [0.05, 0.1) is 11.6 Å². The maximum atomic E-state index is 13.9. The molecule has 26 heavy (non-hydrogen) atoms. The molecule has 1 fully saturated rings. The van der Waals surface area contributed by atoms with Crippen LogP contribution in [0.5, 0.6) is 0 Å². The molecule has 1 heterocycles. The van der Waals surface area contributed by atoms with Crippen LogP contribution in [-0.4, -0.2) is 18.4 Å². The highest BCUT2D eigenvalue weighted by atomic mass is 19.2. The molecule has 3 rings (SSSR count). The molecule has 1 atom stereocenters. The van der Waals surface area contributed by atoms with E-state index in [4.69, 9.17) is 0 Å². The fourth-order valence-corrected chi connectivity index (χ4v) is 2.88. The fourth-order valence-electron chi connectivity index (χ4n) is 2.88. The van der Waals surface area contributed by atoms with Crippen molar-refractivity contribution < 1.29 is 22.8 Å². The molecule has 2 aromatic rings. The summed E-state index contributed by atoms with van der Waals surface area (Å²) in [5.74, 6) is -5.93. The molecule has 0 radical (unpaired) electrons. The van der Waals surface area contributed by atoms with Crippen molar-refractivity contribution in [2.75, 3.05) is 11.4 Å². The monoisotopic (exact) mass is 362 g/mol. The van der Waals surface area contributed by atoms with Gasteiger partial charge in [0.1, 0.15) is 0 Å². The number of benzene rings is 2. The van der Waals surface area contributed by atoms with E-state index in [9.17, 15) is 22.8 Å².